The second-order valence-electron chi connectivity index (χ2n) is 3.88. The molecule has 0 radical (unpaired) electrons. The van der Waals surface area contributed by atoms with Crippen molar-refractivity contribution in [2.45, 2.75) is 45.3 Å². The van der Waals surface area contributed by atoms with Gasteiger partial charge in [-0.2, -0.15) is 6.42 Å². The minimum absolute atomic E-state index is 0. The molecule has 0 aromatic heterocycles. The maximum atomic E-state index is 5.65. The molecule has 0 saturated carbocycles. The molecule has 86 valence electrons. The van der Waals surface area contributed by atoms with Gasteiger partial charge in [0.05, 0.1) is 6.61 Å². The molecule has 1 aliphatic heterocycles. The van der Waals surface area contributed by atoms with Gasteiger partial charge in [0.1, 0.15) is 0 Å². The van der Waals surface area contributed by atoms with Gasteiger partial charge >= 0.3 is 23.1 Å². The summed E-state index contributed by atoms with van der Waals surface area (Å²) >= 11 is 0. The molecule has 0 bridgehead atoms. The van der Waals surface area contributed by atoms with Crippen LogP contribution in [0.3, 0.4) is 0 Å². The molecule has 4 heteroatoms. The SMILES string of the molecule is [Br-].[CH2-]CCC(C)COC1CCCCO1.[Mg+2]. The molecule has 1 rings (SSSR count). The third-order valence-corrected chi connectivity index (χ3v) is 2.40. The van der Waals surface area contributed by atoms with E-state index in [1.807, 2.05) is 0 Å². The summed E-state index contributed by atoms with van der Waals surface area (Å²) in [6.45, 7) is 7.73. The first kappa shape index (κ1) is 18.5. The van der Waals surface area contributed by atoms with Crippen LogP contribution in [0.4, 0.5) is 0 Å². The van der Waals surface area contributed by atoms with Crippen molar-refractivity contribution in [3.8, 4) is 0 Å². The zero-order valence-electron chi connectivity index (χ0n) is 9.71. The molecule has 2 atom stereocenters. The average Bonchev–Trinajstić information content (AvgIpc) is 2.17. The van der Waals surface area contributed by atoms with Crippen molar-refractivity contribution >= 4 is 23.1 Å². The van der Waals surface area contributed by atoms with Gasteiger partial charge in [-0.25, -0.2) is 0 Å². The van der Waals surface area contributed by atoms with Gasteiger partial charge < -0.3 is 33.4 Å². The van der Waals surface area contributed by atoms with Crippen LogP contribution < -0.4 is 17.0 Å². The minimum atomic E-state index is 0. The first-order valence-corrected chi connectivity index (χ1v) is 5.35. The summed E-state index contributed by atoms with van der Waals surface area (Å²) in [6, 6.07) is 0. The Kier molecular flexibility index (Phi) is 14.4. The van der Waals surface area contributed by atoms with Crippen LogP contribution in [0.25, 0.3) is 0 Å². The van der Waals surface area contributed by atoms with Crippen molar-refractivity contribution in [3.63, 3.8) is 0 Å². The van der Waals surface area contributed by atoms with Crippen LogP contribution in [0.2, 0.25) is 0 Å². The third-order valence-electron chi connectivity index (χ3n) is 2.40. The van der Waals surface area contributed by atoms with E-state index in [2.05, 4.69) is 13.8 Å². The van der Waals surface area contributed by atoms with E-state index in [9.17, 15) is 0 Å². The van der Waals surface area contributed by atoms with Crippen molar-refractivity contribution in [2.75, 3.05) is 13.2 Å². The van der Waals surface area contributed by atoms with E-state index >= 15 is 0 Å². The maximum Gasteiger partial charge on any atom is 2.00 e. The van der Waals surface area contributed by atoms with Gasteiger partial charge in [-0.3, -0.25) is 0 Å². The molecule has 0 aromatic carbocycles. The summed E-state index contributed by atoms with van der Waals surface area (Å²) in [4.78, 5) is 0. The van der Waals surface area contributed by atoms with Crippen LogP contribution in [0.15, 0.2) is 0 Å². The molecule has 0 aromatic rings. The monoisotopic (exact) mass is 288 g/mol. The fourth-order valence-corrected chi connectivity index (χ4v) is 1.55. The van der Waals surface area contributed by atoms with E-state index < -0.39 is 0 Å². The Morgan fingerprint density at radius 3 is 2.73 bits per heavy atom. The Labute approximate surface area is 120 Å². The van der Waals surface area contributed by atoms with Crippen LogP contribution in [-0.4, -0.2) is 42.6 Å². The van der Waals surface area contributed by atoms with Crippen molar-refractivity contribution in [1.82, 2.24) is 0 Å². The van der Waals surface area contributed by atoms with E-state index in [4.69, 9.17) is 9.47 Å². The number of halogens is 1. The molecule has 1 fully saturated rings. The first-order chi connectivity index (χ1) is 6.33. The topological polar surface area (TPSA) is 18.5 Å². The zero-order chi connectivity index (χ0) is 9.52. The van der Waals surface area contributed by atoms with Crippen molar-refractivity contribution in [1.29, 1.82) is 0 Å². The summed E-state index contributed by atoms with van der Waals surface area (Å²) in [6.07, 6.45) is 5.71. The van der Waals surface area contributed by atoms with E-state index in [0.29, 0.717) is 5.92 Å². The maximum absolute atomic E-state index is 5.65. The smallest absolute Gasteiger partial charge is 1.00 e. The summed E-state index contributed by atoms with van der Waals surface area (Å²) in [7, 11) is 0. The molecule has 1 heterocycles. The standard InChI is InChI=1S/C11H21O2.BrH.Mg/c1-3-6-10(2)9-13-11-7-4-5-8-12-11;;/h10-11H,1,3-9H2,2H3;1H;/q-1;;+2/p-1. The van der Waals surface area contributed by atoms with Crippen molar-refractivity contribution in [2.24, 2.45) is 5.92 Å². The number of hydrogen-bond donors (Lipinski definition) is 0. The minimum Gasteiger partial charge on any atom is -1.00 e. The molecule has 2 nitrogen and oxygen atoms in total. The summed E-state index contributed by atoms with van der Waals surface area (Å²) in [5.41, 5.74) is 0. The normalized spacial score (nSPS) is 22.4. The van der Waals surface area contributed by atoms with Crippen LogP contribution in [-0.2, 0) is 9.47 Å². The van der Waals surface area contributed by atoms with E-state index in [1.54, 1.807) is 0 Å². The Morgan fingerprint density at radius 2 is 2.20 bits per heavy atom. The molecular weight excluding hydrogens is 268 g/mol. The van der Waals surface area contributed by atoms with Crippen LogP contribution in [0.5, 0.6) is 0 Å². The number of rotatable bonds is 5. The van der Waals surface area contributed by atoms with E-state index in [1.165, 1.54) is 12.8 Å². The predicted molar refractivity (Wildman–Crippen MR) is 59.1 cm³/mol. The second kappa shape index (κ2) is 11.6. The van der Waals surface area contributed by atoms with Gasteiger partial charge in [-0.15, -0.1) is 0 Å². The zero-order valence-corrected chi connectivity index (χ0v) is 12.7. The largest absolute Gasteiger partial charge is 2.00 e. The molecule has 0 aliphatic carbocycles. The Morgan fingerprint density at radius 1 is 1.47 bits per heavy atom. The van der Waals surface area contributed by atoms with Crippen molar-refractivity contribution in [3.05, 3.63) is 6.92 Å². The van der Waals surface area contributed by atoms with E-state index in [0.717, 1.165) is 32.5 Å². The molecule has 1 aliphatic rings. The first-order valence-electron chi connectivity index (χ1n) is 5.35. The van der Waals surface area contributed by atoms with Gasteiger partial charge in [0.2, 0.25) is 0 Å². The van der Waals surface area contributed by atoms with Crippen molar-refractivity contribution < 1.29 is 26.5 Å². The average molecular weight is 289 g/mol. The molecule has 0 spiro atoms. The van der Waals surface area contributed by atoms with Crippen LogP contribution >= 0.6 is 0 Å². The summed E-state index contributed by atoms with van der Waals surface area (Å²) < 4.78 is 11.1. The van der Waals surface area contributed by atoms with Crippen LogP contribution in [0.1, 0.15) is 39.0 Å². The molecular formula is C11H21BrMgO2. The molecule has 0 N–H and O–H groups in total. The van der Waals surface area contributed by atoms with E-state index in [-0.39, 0.29) is 46.3 Å². The van der Waals surface area contributed by atoms with Gasteiger partial charge in [0.15, 0.2) is 6.29 Å². The summed E-state index contributed by atoms with van der Waals surface area (Å²) in [5.74, 6) is 0.614. The van der Waals surface area contributed by atoms with Gasteiger partial charge in [-0.1, -0.05) is 13.3 Å². The Bertz CT molecular complexity index is 130. The molecule has 2 unspecified atom stereocenters. The fourth-order valence-electron chi connectivity index (χ4n) is 1.55. The quantitative estimate of drug-likeness (QED) is 0.497. The molecule has 1 saturated heterocycles. The molecule has 15 heavy (non-hydrogen) atoms. The van der Waals surface area contributed by atoms with Crippen LogP contribution in [0, 0.1) is 12.8 Å². The predicted octanol–water partition coefficient (Wildman–Crippen LogP) is -0.597. The Balaban J connectivity index is 0. The van der Waals surface area contributed by atoms with Gasteiger partial charge in [0.25, 0.3) is 0 Å². The van der Waals surface area contributed by atoms with Gasteiger partial charge in [-0.05, 0) is 25.2 Å². The fraction of sp³-hybridized carbons (Fsp3) is 0.909. The second-order valence-corrected chi connectivity index (χ2v) is 3.88. The van der Waals surface area contributed by atoms with Gasteiger partial charge in [0, 0.05) is 6.61 Å². The molecule has 0 amide bonds. The Hall–Kier alpha value is 1.17. The third kappa shape index (κ3) is 8.92. The summed E-state index contributed by atoms with van der Waals surface area (Å²) in [5, 5.41) is 0. The number of ether oxygens (including phenoxy) is 2. The number of hydrogen-bond acceptors (Lipinski definition) is 2.